The van der Waals surface area contributed by atoms with Crippen molar-refractivity contribution in [1.82, 2.24) is 4.72 Å². The molecule has 1 aromatic heterocycles. The summed E-state index contributed by atoms with van der Waals surface area (Å²) < 4.78 is 26.5. The molecule has 96 valence electrons. The monoisotopic (exact) mass is 277 g/mol. The standard InChI is InChI=1S/C9H15N3O3S2/c1-6(2)8(9(10)11-13)12-17(14,15)7-4-3-5-16-7/h3-6,8,12-13H,1-2H3,(H2,10,11). The largest absolute Gasteiger partial charge is 0.409 e. The van der Waals surface area contributed by atoms with Crippen LogP contribution in [-0.4, -0.2) is 25.5 Å². The van der Waals surface area contributed by atoms with Gasteiger partial charge < -0.3 is 10.9 Å². The van der Waals surface area contributed by atoms with Gasteiger partial charge >= 0.3 is 0 Å². The minimum absolute atomic E-state index is 0.124. The van der Waals surface area contributed by atoms with E-state index in [2.05, 4.69) is 9.88 Å². The van der Waals surface area contributed by atoms with Gasteiger partial charge in [0.05, 0.1) is 6.04 Å². The molecule has 0 saturated heterocycles. The molecule has 0 saturated carbocycles. The maximum Gasteiger partial charge on any atom is 0.250 e. The van der Waals surface area contributed by atoms with Crippen molar-refractivity contribution in [3.63, 3.8) is 0 Å². The Hall–Kier alpha value is -1.12. The molecule has 1 aromatic rings. The summed E-state index contributed by atoms with van der Waals surface area (Å²) in [6.45, 7) is 3.55. The Bertz CT molecular complexity index is 480. The second-order valence-electron chi connectivity index (χ2n) is 3.80. The van der Waals surface area contributed by atoms with Gasteiger partial charge in [-0.05, 0) is 17.4 Å². The maximum atomic E-state index is 11.9. The van der Waals surface area contributed by atoms with Crippen LogP contribution in [0, 0.1) is 5.92 Å². The van der Waals surface area contributed by atoms with Crippen LogP contribution in [0.5, 0.6) is 0 Å². The lowest BCUT2D eigenvalue weighted by molar-refractivity contribution is 0.313. The number of hydrogen-bond donors (Lipinski definition) is 3. The van der Waals surface area contributed by atoms with E-state index in [1.807, 2.05) is 0 Å². The molecule has 17 heavy (non-hydrogen) atoms. The normalized spacial score (nSPS) is 15.1. The fourth-order valence-electron chi connectivity index (χ4n) is 1.24. The average molecular weight is 277 g/mol. The summed E-state index contributed by atoms with van der Waals surface area (Å²) in [5.74, 6) is -0.277. The number of thiophene rings is 1. The van der Waals surface area contributed by atoms with Crippen LogP contribution >= 0.6 is 11.3 Å². The van der Waals surface area contributed by atoms with Gasteiger partial charge in [-0.1, -0.05) is 25.1 Å². The van der Waals surface area contributed by atoms with E-state index in [1.165, 1.54) is 6.07 Å². The molecule has 0 aliphatic heterocycles. The molecule has 0 fully saturated rings. The van der Waals surface area contributed by atoms with E-state index in [0.717, 1.165) is 11.3 Å². The molecule has 4 N–H and O–H groups in total. The molecule has 0 aliphatic rings. The summed E-state index contributed by atoms with van der Waals surface area (Å²) in [5, 5.41) is 13.1. The van der Waals surface area contributed by atoms with Gasteiger partial charge in [-0.2, -0.15) is 4.72 Å². The summed E-state index contributed by atoms with van der Waals surface area (Å²) >= 11 is 1.11. The summed E-state index contributed by atoms with van der Waals surface area (Å²) in [7, 11) is -3.62. The Morgan fingerprint density at radius 3 is 2.65 bits per heavy atom. The van der Waals surface area contributed by atoms with E-state index in [4.69, 9.17) is 10.9 Å². The molecule has 1 heterocycles. The van der Waals surface area contributed by atoms with Crippen molar-refractivity contribution in [2.45, 2.75) is 24.1 Å². The van der Waals surface area contributed by atoms with E-state index < -0.39 is 16.1 Å². The molecule has 0 aliphatic carbocycles. The molecule has 0 radical (unpaired) electrons. The van der Waals surface area contributed by atoms with Gasteiger partial charge in [0.1, 0.15) is 4.21 Å². The van der Waals surface area contributed by atoms with Crippen molar-refractivity contribution in [2.75, 3.05) is 0 Å². The number of rotatable bonds is 5. The van der Waals surface area contributed by atoms with Gasteiger partial charge in [0.2, 0.25) is 0 Å². The first-order valence-corrected chi connectivity index (χ1v) is 7.28. The van der Waals surface area contributed by atoms with E-state index in [0.29, 0.717) is 0 Å². The van der Waals surface area contributed by atoms with Crippen molar-refractivity contribution in [1.29, 1.82) is 0 Å². The zero-order chi connectivity index (χ0) is 13.1. The molecule has 1 unspecified atom stereocenters. The lowest BCUT2D eigenvalue weighted by Gasteiger charge is -2.20. The van der Waals surface area contributed by atoms with Gasteiger partial charge in [-0.25, -0.2) is 8.42 Å². The molecular formula is C9H15N3O3S2. The summed E-state index contributed by atoms with van der Waals surface area (Å²) in [4.78, 5) is 0. The quantitative estimate of drug-likeness (QED) is 0.320. The zero-order valence-electron chi connectivity index (χ0n) is 9.49. The molecule has 0 spiro atoms. The van der Waals surface area contributed by atoms with E-state index in [1.54, 1.807) is 25.3 Å². The van der Waals surface area contributed by atoms with Crippen LogP contribution in [0.25, 0.3) is 0 Å². The number of nitrogens with zero attached hydrogens (tertiary/aromatic N) is 1. The second-order valence-corrected chi connectivity index (χ2v) is 6.69. The minimum atomic E-state index is -3.62. The van der Waals surface area contributed by atoms with Crippen LogP contribution in [0.15, 0.2) is 26.9 Å². The van der Waals surface area contributed by atoms with E-state index >= 15 is 0 Å². The fraction of sp³-hybridized carbons (Fsp3) is 0.444. The van der Waals surface area contributed by atoms with Crippen LogP contribution in [0.2, 0.25) is 0 Å². The van der Waals surface area contributed by atoms with Crippen LogP contribution in [0.4, 0.5) is 0 Å². The third-order valence-corrected chi connectivity index (χ3v) is 4.98. The molecule has 0 amide bonds. The van der Waals surface area contributed by atoms with Crippen LogP contribution in [0.3, 0.4) is 0 Å². The van der Waals surface area contributed by atoms with E-state index in [9.17, 15) is 8.42 Å². The van der Waals surface area contributed by atoms with Gasteiger partial charge in [-0.15, -0.1) is 11.3 Å². The Morgan fingerprint density at radius 2 is 2.24 bits per heavy atom. The first-order chi connectivity index (χ1) is 7.88. The third-order valence-electron chi connectivity index (χ3n) is 2.14. The van der Waals surface area contributed by atoms with Crippen molar-refractivity contribution >= 4 is 27.2 Å². The van der Waals surface area contributed by atoms with Gasteiger partial charge in [0.15, 0.2) is 5.84 Å². The number of amidine groups is 1. The molecule has 8 heteroatoms. The van der Waals surface area contributed by atoms with Gasteiger partial charge in [0.25, 0.3) is 10.0 Å². The van der Waals surface area contributed by atoms with Crippen LogP contribution in [0.1, 0.15) is 13.8 Å². The van der Waals surface area contributed by atoms with Crippen molar-refractivity contribution in [3.05, 3.63) is 17.5 Å². The maximum absolute atomic E-state index is 11.9. The smallest absolute Gasteiger partial charge is 0.250 e. The molecular weight excluding hydrogens is 262 g/mol. The molecule has 6 nitrogen and oxygen atoms in total. The number of nitrogens with one attached hydrogen (secondary N) is 1. The van der Waals surface area contributed by atoms with Crippen LogP contribution < -0.4 is 10.5 Å². The highest BCUT2D eigenvalue weighted by Crippen LogP contribution is 2.17. The van der Waals surface area contributed by atoms with Crippen LogP contribution in [-0.2, 0) is 10.0 Å². The average Bonchev–Trinajstić information content (AvgIpc) is 2.78. The summed E-state index contributed by atoms with van der Waals surface area (Å²) in [5.41, 5.74) is 5.46. The lowest BCUT2D eigenvalue weighted by Crippen LogP contribution is -2.47. The van der Waals surface area contributed by atoms with Gasteiger partial charge in [0, 0.05) is 0 Å². The Balaban J connectivity index is 2.96. The number of sulfonamides is 1. The number of nitrogens with two attached hydrogens (primary N) is 1. The SMILES string of the molecule is CC(C)C(NS(=O)(=O)c1cccs1)C(N)=NO. The summed E-state index contributed by atoms with van der Waals surface area (Å²) in [6, 6.07) is 2.41. The first-order valence-electron chi connectivity index (χ1n) is 4.91. The highest BCUT2D eigenvalue weighted by molar-refractivity contribution is 7.91. The predicted octanol–water partition coefficient (Wildman–Crippen LogP) is 0.797. The number of hydrogen-bond acceptors (Lipinski definition) is 5. The lowest BCUT2D eigenvalue weighted by atomic mass is 10.1. The highest BCUT2D eigenvalue weighted by Gasteiger charge is 2.26. The molecule has 1 rings (SSSR count). The first kappa shape index (κ1) is 13.9. The Morgan fingerprint density at radius 1 is 1.59 bits per heavy atom. The Kier molecular flexibility index (Phi) is 4.49. The number of oxime groups is 1. The van der Waals surface area contributed by atoms with Gasteiger partial charge in [-0.3, -0.25) is 0 Å². The van der Waals surface area contributed by atoms with Crippen molar-refractivity contribution in [3.8, 4) is 0 Å². The third kappa shape index (κ3) is 3.42. The highest BCUT2D eigenvalue weighted by atomic mass is 32.2. The summed E-state index contributed by atoms with van der Waals surface area (Å²) in [6.07, 6.45) is 0. The minimum Gasteiger partial charge on any atom is -0.409 e. The molecule has 0 aromatic carbocycles. The predicted molar refractivity (Wildman–Crippen MR) is 66.7 cm³/mol. The fourth-order valence-corrected chi connectivity index (χ4v) is 3.61. The Labute approximate surface area is 104 Å². The van der Waals surface area contributed by atoms with Crippen molar-refractivity contribution in [2.24, 2.45) is 16.8 Å². The second kappa shape index (κ2) is 5.48. The van der Waals surface area contributed by atoms with Crippen molar-refractivity contribution < 1.29 is 13.6 Å². The van der Waals surface area contributed by atoms with E-state index in [-0.39, 0.29) is 16.0 Å². The molecule has 1 atom stereocenters. The molecule has 0 bridgehead atoms. The topological polar surface area (TPSA) is 105 Å². The zero-order valence-corrected chi connectivity index (χ0v) is 11.1.